The van der Waals surface area contributed by atoms with Crippen LogP contribution in [0.25, 0.3) is 0 Å². The van der Waals surface area contributed by atoms with Crippen molar-refractivity contribution in [3.63, 3.8) is 0 Å². The maximum atomic E-state index is 10.0. The Hall–Kier alpha value is -0.860. The number of nitrogens with one attached hydrogen (secondary N) is 1. The number of aliphatic hydroxyl groups excluding tert-OH is 1. The lowest BCUT2D eigenvalue weighted by Gasteiger charge is -2.15. The van der Waals surface area contributed by atoms with Gasteiger partial charge in [0.1, 0.15) is 0 Å². The van der Waals surface area contributed by atoms with Gasteiger partial charge in [-0.15, -0.1) is 0 Å². The Kier molecular flexibility index (Phi) is 3.62. The quantitative estimate of drug-likeness (QED) is 0.813. The lowest BCUT2D eigenvalue weighted by atomic mass is 10.0. The predicted molar refractivity (Wildman–Crippen MR) is 66.6 cm³/mol. The Morgan fingerprint density at radius 2 is 2.00 bits per heavy atom. The zero-order valence-corrected chi connectivity index (χ0v) is 10.2. The van der Waals surface area contributed by atoms with Gasteiger partial charge in [0, 0.05) is 12.6 Å². The summed E-state index contributed by atoms with van der Waals surface area (Å²) in [4.78, 5) is 0. The SMILES string of the molecule is CC(C)NC[C@H](O)c1ccc2c(c1)CCC2. The first-order chi connectivity index (χ1) is 7.66. The first-order valence-corrected chi connectivity index (χ1v) is 6.20. The van der Waals surface area contributed by atoms with Crippen LogP contribution < -0.4 is 5.32 Å². The van der Waals surface area contributed by atoms with Gasteiger partial charge < -0.3 is 10.4 Å². The van der Waals surface area contributed by atoms with Crippen molar-refractivity contribution in [2.24, 2.45) is 0 Å². The van der Waals surface area contributed by atoms with Crippen LogP contribution in [0.2, 0.25) is 0 Å². The van der Waals surface area contributed by atoms with Gasteiger partial charge in [-0.25, -0.2) is 0 Å². The molecule has 2 rings (SSSR count). The lowest BCUT2D eigenvalue weighted by Crippen LogP contribution is -2.27. The highest BCUT2D eigenvalue weighted by atomic mass is 16.3. The smallest absolute Gasteiger partial charge is 0.0914 e. The summed E-state index contributed by atoms with van der Waals surface area (Å²) in [5, 5.41) is 13.3. The molecule has 0 aliphatic heterocycles. The molecule has 1 aliphatic carbocycles. The Bertz CT molecular complexity index is 360. The molecule has 0 bridgehead atoms. The zero-order chi connectivity index (χ0) is 11.5. The van der Waals surface area contributed by atoms with Gasteiger partial charge in [0.15, 0.2) is 0 Å². The number of rotatable bonds is 4. The van der Waals surface area contributed by atoms with Gasteiger partial charge >= 0.3 is 0 Å². The molecule has 0 spiro atoms. The summed E-state index contributed by atoms with van der Waals surface area (Å²) >= 11 is 0. The standard InChI is InChI=1S/C14H21NO/c1-10(2)15-9-14(16)13-7-6-11-4-3-5-12(11)8-13/h6-8,10,14-16H,3-5,9H2,1-2H3/t14-/m0/s1. The molecule has 2 nitrogen and oxygen atoms in total. The fraction of sp³-hybridized carbons (Fsp3) is 0.571. The van der Waals surface area contributed by atoms with Gasteiger partial charge in [-0.05, 0) is 36.0 Å². The van der Waals surface area contributed by atoms with Crippen LogP contribution in [-0.2, 0) is 12.8 Å². The molecular formula is C14H21NO. The van der Waals surface area contributed by atoms with Crippen molar-refractivity contribution in [3.8, 4) is 0 Å². The Morgan fingerprint density at radius 1 is 1.25 bits per heavy atom. The minimum atomic E-state index is -0.381. The molecule has 1 atom stereocenters. The van der Waals surface area contributed by atoms with Crippen molar-refractivity contribution >= 4 is 0 Å². The van der Waals surface area contributed by atoms with Crippen LogP contribution in [0.15, 0.2) is 18.2 Å². The molecular weight excluding hydrogens is 198 g/mol. The summed E-state index contributed by atoms with van der Waals surface area (Å²) in [5.41, 5.74) is 3.95. The van der Waals surface area contributed by atoms with Crippen molar-refractivity contribution in [2.75, 3.05) is 6.54 Å². The largest absolute Gasteiger partial charge is 0.387 e. The summed E-state index contributed by atoms with van der Waals surface area (Å²) in [7, 11) is 0. The van der Waals surface area contributed by atoms with Crippen LogP contribution in [-0.4, -0.2) is 17.7 Å². The van der Waals surface area contributed by atoms with E-state index in [4.69, 9.17) is 0 Å². The molecule has 0 unspecified atom stereocenters. The van der Waals surface area contributed by atoms with E-state index in [0.717, 1.165) is 5.56 Å². The Morgan fingerprint density at radius 3 is 2.75 bits per heavy atom. The summed E-state index contributed by atoms with van der Waals surface area (Å²) in [6.07, 6.45) is 3.26. The van der Waals surface area contributed by atoms with Crippen LogP contribution in [0.4, 0.5) is 0 Å². The Labute approximate surface area is 97.7 Å². The number of benzene rings is 1. The second-order valence-electron chi connectivity index (χ2n) is 4.96. The molecule has 2 N–H and O–H groups in total. The molecule has 88 valence electrons. The second kappa shape index (κ2) is 4.98. The van der Waals surface area contributed by atoms with Crippen molar-refractivity contribution in [2.45, 2.75) is 45.3 Å². The van der Waals surface area contributed by atoms with E-state index in [0.29, 0.717) is 12.6 Å². The second-order valence-corrected chi connectivity index (χ2v) is 4.96. The van der Waals surface area contributed by atoms with E-state index in [1.165, 1.54) is 30.4 Å². The summed E-state index contributed by atoms with van der Waals surface area (Å²) in [5.74, 6) is 0. The monoisotopic (exact) mass is 219 g/mol. The van der Waals surface area contributed by atoms with Crippen LogP contribution in [0.5, 0.6) is 0 Å². The molecule has 0 saturated heterocycles. The zero-order valence-electron chi connectivity index (χ0n) is 10.2. The molecule has 1 aliphatic rings. The average molecular weight is 219 g/mol. The number of fused-ring (bicyclic) bond motifs is 1. The number of aliphatic hydroxyl groups is 1. The van der Waals surface area contributed by atoms with E-state index < -0.39 is 0 Å². The molecule has 0 aromatic heterocycles. The van der Waals surface area contributed by atoms with Gasteiger partial charge in [-0.3, -0.25) is 0 Å². The van der Waals surface area contributed by atoms with Crippen molar-refractivity contribution in [3.05, 3.63) is 34.9 Å². The summed E-state index contributed by atoms with van der Waals surface area (Å²) < 4.78 is 0. The van der Waals surface area contributed by atoms with E-state index >= 15 is 0 Å². The van der Waals surface area contributed by atoms with E-state index in [9.17, 15) is 5.11 Å². The third kappa shape index (κ3) is 2.63. The molecule has 16 heavy (non-hydrogen) atoms. The molecule has 0 amide bonds. The summed E-state index contributed by atoms with van der Waals surface area (Å²) in [6, 6.07) is 6.84. The van der Waals surface area contributed by atoms with Gasteiger partial charge in [-0.1, -0.05) is 32.0 Å². The fourth-order valence-corrected chi connectivity index (χ4v) is 2.26. The number of hydrogen-bond acceptors (Lipinski definition) is 2. The Balaban J connectivity index is 2.03. The van der Waals surface area contributed by atoms with E-state index in [2.05, 4.69) is 37.4 Å². The number of aryl methyl sites for hydroxylation is 2. The minimum Gasteiger partial charge on any atom is -0.387 e. The molecule has 1 aromatic carbocycles. The third-order valence-electron chi connectivity index (χ3n) is 3.23. The highest BCUT2D eigenvalue weighted by molar-refractivity contribution is 5.36. The maximum absolute atomic E-state index is 10.0. The van der Waals surface area contributed by atoms with Gasteiger partial charge in [0.25, 0.3) is 0 Å². The normalized spacial score (nSPS) is 16.5. The van der Waals surface area contributed by atoms with Crippen molar-refractivity contribution in [1.29, 1.82) is 0 Å². The van der Waals surface area contributed by atoms with Gasteiger partial charge in [0.2, 0.25) is 0 Å². The topological polar surface area (TPSA) is 32.3 Å². The third-order valence-corrected chi connectivity index (χ3v) is 3.23. The molecule has 1 aromatic rings. The van der Waals surface area contributed by atoms with Crippen molar-refractivity contribution in [1.82, 2.24) is 5.32 Å². The summed E-state index contributed by atoms with van der Waals surface area (Å²) in [6.45, 7) is 4.82. The highest BCUT2D eigenvalue weighted by Crippen LogP contribution is 2.25. The maximum Gasteiger partial charge on any atom is 0.0914 e. The molecule has 0 fully saturated rings. The van der Waals surface area contributed by atoms with E-state index in [-0.39, 0.29) is 6.10 Å². The predicted octanol–water partition coefficient (Wildman–Crippen LogP) is 2.21. The number of hydrogen-bond donors (Lipinski definition) is 2. The average Bonchev–Trinajstić information content (AvgIpc) is 2.72. The molecule has 0 radical (unpaired) electrons. The van der Waals surface area contributed by atoms with Crippen molar-refractivity contribution < 1.29 is 5.11 Å². The lowest BCUT2D eigenvalue weighted by molar-refractivity contribution is 0.171. The highest BCUT2D eigenvalue weighted by Gasteiger charge is 2.14. The molecule has 2 heteroatoms. The van der Waals surface area contributed by atoms with Crippen LogP contribution in [0, 0.1) is 0 Å². The van der Waals surface area contributed by atoms with Crippen LogP contribution in [0.3, 0.4) is 0 Å². The minimum absolute atomic E-state index is 0.381. The van der Waals surface area contributed by atoms with Crippen LogP contribution >= 0.6 is 0 Å². The molecule has 0 saturated carbocycles. The first kappa shape index (κ1) is 11.6. The first-order valence-electron chi connectivity index (χ1n) is 6.20. The molecule has 0 heterocycles. The van der Waals surface area contributed by atoms with E-state index in [1.807, 2.05) is 0 Å². The van der Waals surface area contributed by atoms with Crippen LogP contribution in [0.1, 0.15) is 43.1 Å². The fourth-order valence-electron chi connectivity index (χ4n) is 2.26. The van der Waals surface area contributed by atoms with E-state index in [1.54, 1.807) is 0 Å². The van der Waals surface area contributed by atoms with Gasteiger partial charge in [-0.2, -0.15) is 0 Å². The van der Waals surface area contributed by atoms with Gasteiger partial charge in [0.05, 0.1) is 6.10 Å².